The van der Waals surface area contributed by atoms with E-state index in [1.807, 2.05) is 24.3 Å². The second-order valence-electron chi connectivity index (χ2n) is 4.44. The standard InChI is InChI=1S/C15H24N2O3/c1-3-9-20-14-6-4-13(5-7-14)11-16-12-15(18)17-8-10-19-2/h4-7,16H,3,8-12H2,1-2H3,(H,17,18). The molecule has 0 aliphatic carbocycles. The monoisotopic (exact) mass is 280 g/mol. The highest BCUT2D eigenvalue weighted by Crippen LogP contribution is 2.12. The van der Waals surface area contributed by atoms with Gasteiger partial charge in [0.05, 0.1) is 19.8 Å². The molecule has 0 aliphatic heterocycles. The number of carbonyl (C=O) groups excluding carboxylic acids is 1. The quantitative estimate of drug-likeness (QED) is 0.635. The third-order valence-corrected chi connectivity index (χ3v) is 2.64. The van der Waals surface area contributed by atoms with E-state index in [-0.39, 0.29) is 5.91 Å². The summed E-state index contributed by atoms with van der Waals surface area (Å²) in [6, 6.07) is 7.90. The summed E-state index contributed by atoms with van der Waals surface area (Å²) >= 11 is 0. The first-order valence-electron chi connectivity index (χ1n) is 6.94. The predicted octanol–water partition coefficient (Wildman–Crippen LogP) is 1.33. The van der Waals surface area contributed by atoms with Gasteiger partial charge < -0.3 is 20.1 Å². The second kappa shape index (κ2) is 10.2. The average Bonchev–Trinajstić information content (AvgIpc) is 2.47. The van der Waals surface area contributed by atoms with Gasteiger partial charge in [-0.15, -0.1) is 0 Å². The lowest BCUT2D eigenvalue weighted by Gasteiger charge is -2.08. The van der Waals surface area contributed by atoms with Gasteiger partial charge in [-0.3, -0.25) is 4.79 Å². The van der Waals surface area contributed by atoms with Crippen LogP contribution in [0.3, 0.4) is 0 Å². The Morgan fingerprint density at radius 2 is 1.95 bits per heavy atom. The molecule has 0 radical (unpaired) electrons. The zero-order valence-electron chi connectivity index (χ0n) is 12.3. The molecule has 0 saturated carbocycles. The van der Waals surface area contributed by atoms with Crippen LogP contribution in [0.25, 0.3) is 0 Å². The molecule has 0 spiro atoms. The molecule has 1 amide bonds. The van der Waals surface area contributed by atoms with Crippen LogP contribution >= 0.6 is 0 Å². The predicted molar refractivity (Wildman–Crippen MR) is 78.8 cm³/mol. The lowest BCUT2D eigenvalue weighted by Crippen LogP contribution is -2.35. The fourth-order valence-electron chi connectivity index (χ4n) is 1.60. The summed E-state index contributed by atoms with van der Waals surface area (Å²) < 4.78 is 10.4. The topological polar surface area (TPSA) is 59.6 Å². The molecule has 0 saturated heterocycles. The van der Waals surface area contributed by atoms with E-state index in [0.717, 1.165) is 24.3 Å². The Bertz CT molecular complexity index is 379. The highest BCUT2D eigenvalue weighted by molar-refractivity contribution is 5.77. The summed E-state index contributed by atoms with van der Waals surface area (Å²) in [5.41, 5.74) is 1.12. The number of ether oxygens (including phenoxy) is 2. The Balaban J connectivity index is 2.19. The van der Waals surface area contributed by atoms with Crippen LogP contribution in [-0.4, -0.2) is 39.3 Å². The van der Waals surface area contributed by atoms with Crippen LogP contribution in [0.2, 0.25) is 0 Å². The molecule has 1 rings (SSSR count). The van der Waals surface area contributed by atoms with Crippen molar-refractivity contribution in [1.29, 1.82) is 0 Å². The van der Waals surface area contributed by atoms with E-state index in [4.69, 9.17) is 9.47 Å². The zero-order valence-corrected chi connectivity index (χ0v) is 12.3. The molecular weight excluding hydrogens is 256 g/mol. The third kappa shape index (κ3) is 7.11. The van der Waals surface area contributed by atoms with E-state index < -0.39 is 0 Å². The van der Waals surface area contributed by atoms with Crippen LogP contribution < -0.4 is 15.4 Å². The Labute approximate surface area is 120 Å². The van der Waals surface area contributed by atoms with Gasteiger partial charge in [-0.1, -0.05) is 19.1 Å². The van der Waals surface area contributed by atoms with Crippen molar-refractivity contribution in [3.8, 4) is 5.75 Å². The molecule has 0 atom stereocenters. The van der Waals surface area contributed by atoms with Crippen molar-refractivity contribution in [2.75, 3.05) is 33.4 Å². The molecule has 0 unspecified atom stereocenters. The molecule has 112 valence electrons. The lowest BCUT2D eigenvalue weighted by atomic mass is 10.2. The number of methoxy groups -OCH3 is 1. The minimum absolute atomic E-state index is 0.0232. The number of nitrogens with one attached hydrogen (secondary N) is 2. The van der Waals surface area contributed by atoms with E-state index in [2.05, 4.69) is 17.6 Å². The van der Waals surface area contributed by atoms with Gasteiger partial charge in [0.15, 0.2) is 0 Å². The van der Waals surface area contributed by atoms with Crippen molar-refractivity contribution in [2.45, 2.75) is 19.9 Å². The van der Waals surface area contributed by atoms with Crippen molar-refractivity contribution in [2.24, 2.45) is 0 Å². The summed E-state index contributed by atoms with van der Waals surface area (Å²) in [7, 11) is 1.61. The molecule has 5 nitrogen and oxygen atoms in total. The number of hydrogen-bond donors (Lipinski definition) is 2. The fraction of sp³-hybridized carbons (Fsp3) is 0.533. The number of carbonyl (C=O) groups is 1. The number of benzene rings is 1. The Morgan fingerprint density at radius 1 is 1.20 bits per heavy atom. The zero-order chi connectivity index (χ0) is 14.6. The van der Waals surface area contributed by atoms with Gasteiger partial charge in [-0.2, -0.15) is 0 Å². The number of amides is 1. The van der Waals surface area contributed by atoms with E-state index in [0.29, 0.717) is 26.2 Å². The van der Waals surface area contributed by atoms with Crippen molar-refractivity contribution in [1.82, 2.24) is 10.6 Å². The van der Waals surface area contributed by atoms with E-state index in [1.54, 1.807) is 7.11 Å². The maximum Gasteiger partial charge on any atom is 0.234 e. The molecule has 0 aromatic heterocycles. The van der Waals surface area contributed by atoms with Crippen LogP contribution in [0.15, 0.2) is 24.3 Å². The van der Waals surface area contributed by atoms with Crippen molar-refractivity contribution in [3.05, 3.63) is 29.8 Å². The van der Waals surface area contributed by atoms with Crippen molar-refractivity contribution < 1.29 is 14.3 Å². The maximum atomic E-state index is 11.4. The molecule has 2 N–H and O–H groups in total. The SMILES string of the molecule is CCCOc1ccc(CNCC(=O)NCCOC)cc1. The van der Waals surface area contributed by atoms with Gasteiger partial charge in [-0.25, -0.2) is 0 Å². The molecule has 1 aromatic carbocycles. The molecule has 0 bridgehead atoms. The Kier molecular flexibility index (Phi) is 8.42. The largest absolute Gasteiger partial charge is 0.494 e. The highest BCUT2D eigenvalue weighted by atomic mass is 16.5. The molecule has 0 fully saturated rings. The molecule has 20 heavy (non-hydrogen) atoms. The summed E-state index contributed by atoms with van der Waals surface area (Å²) in [5.74, 6) is 0.859. The number of rotatable bonds is 10. The van der Waals surface area contributed by atoms with Gasteiger partial charge in [0.1, 0.15) is 5.75 Å². The van der Waals surface area contributed by atoms with Crippen molar-refractivity contribution >= 4 is 5.91 Å². The summed E-state index contributed by atoms with van der Waals surface area (Å²) in [6.07, 6.45) is 1.00. The van der Waals surface area contributed by atoms with Gasteiger partial charge >= 0.3 is 0 Å². The average molecular weight is 280 g/mol. The fourth-order valence-corrected chi connectivity index (χ4v) is 1.60. The van der Waals surface area contributed by atoms with Crippen LogP contribution in [0.1, 0.15) is 18.9 Å². The molecule has 0 aliphatic rings. The van der Waals surface area contributed by atoms with Gasteiger partial charge in [0, 0.05) is 20.2 Å². The first kappa shape index (κ1) is 16.5. The van der Waals surface area contributed by atoms with E-state index in [1.165, 1.54) is 0 Å². The van der Waals surface area contributed by atoms with E-state index in [9.17, 15) is 4.79 Å². The molecule has 5 heteroatoms. The van der Waals surface area contributed by atoms with Crippen LogP contribution in [0, 0.1) is 0 Å². The summed E-state index contributed by atoms with van der Waals surface area (Å²) in [5, 5.41) is 5.85. The smallest absolute Gasteiger partial charge is 0.234 e. The first-order valence-corrected chi connectivity index (χ1v) is 6.94. The van der Waals surface area contributed by atoms with E-state index >= 15 is 0 Å². The van der Waals surface area contributed by atoms with Crippen molar-refractivity contribution in [3.63, 3.8) is 0 Å². The number of hydrogen-bond acceptors (Lipinski definition) is 4. The first-order chi connectivity index (χ1) is 9.76. The van der Waals surface area contributed by atoms with Gasteiger partial charge in [0.2, 0.25) is 5.91 Å². The molecular formula is C15H24N2O3. The van der Waals surface area contributed by atoms with Crippen LogP contribution in [-0.2, 0) is 16.1 Å². The third-order valence-electron chi connectivity index (χ3n) is 2.64. The molecule has 0 heterocycles. The minimum Gasteiger partial charge on any atom is -0.494 e. The van der Waals surface area contributed by atoms with Gasteiger partial charge in [-0.05, 0) is 24.1 Å². The summed E-state index contributed by atoms with van der Waals surface area (Å²) in [6.45, 7) is 4.85. The Morgan fingerprint density at radius 3 is 2.60 bits per heavy atom. The maximum absolute atomic E-state index is 11.4. The highest BCUT2D eigenvalue weighted by Gasteiger charge is 2.00. The lowest BCUT2D eigenvalue weighted by molar-refractivity contribution is -0.120. The van der Waals surface area contributed by atoms with Crippen LogP contribution in [0.4, 0.5) is 0 Å². The normalized spacial score (nSPS) is 10.3. The Hall–Kier alpha value is -1.59. The van der Waals surface area contributed by atoms with Crippen LogP contribution in [0.5, 0.6) is 5.75 Å². The van der Waals surface area contributed by atoms with Gasteiger partial charge in [0.25, 0.3) is 0 Å². The summed E-state index contributed by atoms with van der Waals surface area (Å²) in [4.78, 5) is 11.4. The molecule has 1 aromatic rings. The second-order valence-corrected chi connectivity index (χ2v) is 4.44. The minimum atomic E-state index is -0.0232.